The van der Waals surface area contributed by atoms with Crippen LogP contribution in [0.15, 0.2) is 6.07 Å². The van der Waals surface area contributed by atoms with Crippen LogP contribution in [0.25, 0.3) is 0 Å². The molecule has 0 bridgehead atoms. The maximum atomic E-state index is 12.9. The zero-order valence-electron chi connectivity index (χ0n) is 8.30. The third-order valence-electron chi connectivity index (χ3n) is 1.96. The highest BCUT2D eigenvalue weighted by molar-refractivity contribution is 5.19. The summed E-state index contributed by atoms with van der Waals surface area (Å²) in [7, 11) is 0. The number of hydrogen-bond donors (Lipinski definition) is 1. The Bertz CT molecular complexity index is 453. The molecule has 1 aromatic rings. The molecule has 1 aromatic heterocycles. The van der Waals surface area contributed by atoms with Crippen LogP contribution < -0.4 is 0 Å². The average molecular weight is 304 g/mol. The van der Waals surface area contributed by atoms with Crippen LogP contribution in [0.5, 0.6) is 0 Å². The molecule has 1 N–H and O–H groups in total. The minimum atomic E-state index is -6.64. The van der Waals surface area contributed by atoms with Gasteiger partial charge in [0.2, 0.25) is 0 Å². The van der Waals surface area contributed by atoms with Crippen molar-refractivity contribution in [2.45, 2.75) is 24.2 Å². The van der Waals surface area contributed by atoms with Gasteiger partial charge in [-0.25, -0.2) is 0 Å². The summed E-state index contributed by atoms with van der Waals surface area (Å²) in [5, 5.41) is 3.08. The lowest BCUT2D eigenvalue weighted by Gasteiger charge is -2.26. The van der Waals surface area contributed by atoms with Crippen LogP contribution in [0.4, 0.5) is 43.9 Å². The van der Waals surface area contributed by atoms with Crippen LogP contribution in [0.1, 0.15) is 11.4 Å². The fourth-order valence-corrected chi connectivity index (χ4v) is 0.967. The van der Waals surface area contributed by atoms with Crippen molar-refractivity contribution in [3.63, 3.8) is 0 Å². The van der Waals surface area contributed by atoms with Gasteiger partial charge in [-0.1, -0.05) is 0 Å². The van der Waals surface area contributed by atoms with Gasteiger partial charge in [0.25, 0.3) is 0 Å². The number of rotatable bonds is 2. The SMILES string of the molecule is FC(F)(F)c1cc(C(F)(F)C(F)(F)C(F)(F)F)n[nH]1. The van der Waals surface area contributed by atoms with E-state index in [2.05, 4.69) is 5.10 Å². The van der Waals surface area contributed by atoms with Crippen molar-refractivity contribution in [2.24, 2.45) is 0 Å². The molecule has 0 radical (unpaired) electrons. The van der Waals surface area contributed by atoms with E-state index < -0.39 is 41.7 Å². The largest absolute Gasteiger partial charge is 0.460 e. The maximum absolute atomic E-state index is 12.9. The third kappa shape index (κ3) is 2.47. The Labute approximate surface area is 96.9 Å². The third-order valence-corrected chi connectivity index (χ3v) is 1.96. The molecule has 0 aliphatic rings. The summed E-state index contributed by atoms with van der Waals surface area (Å²) >= 11 is 0. The first-order chi connectivity index (χ1) is 8.21. The number of aromatic amines is 1. The summed E-state index contributed by atoms with van der Waals surface area (Å²) in [6.45, 7) is 0. The number of nitrogens with zero attached hydrogens (tertiary/aromatic N) is 1. The number of alkyl halides is 10. The monoisotopic (exact) mass is 304 g/mol. The van der Waals surface area contributed by atoms with Gasteiger partial charge in [0.1, 0.15) is 11.4 Å². The lowest BCUT2D eigenvalue weighted by Crippen LogP contribution is -2.50. The van der Waals surface area contributed by atoms with Gasteiger partial charge in [0, 0.05) is 0 Å². The summed E-state index contributed by atoms with van der Waals surface area (Å²) in [6, 6.07) is -0.611. The predicted molar refractivity (Wildman–Crippen MR) is 38.5 cm³/mol. The Morgan fingerprint density at radius 3 is 1.63 bits per heavy atom. The van der Waals surface area contributed by atoms with Crippen molar-refractivity contribution < 1.29 is 43.9 Å². The highest BCUT2D eigenvalue weighted by atomic mass is 19.4. The van der Waals surface area contributed by atoms with Crippen molar-refractivity contribution in [1.29, 1.82) is 0 Å². The lowest BCUT2D eigenvalue weighted by molar-refractivity contribution is -0.360. The quantitative estimate of drug-likeness (QED) is 0.829. The predicted octanol–water partition coefficient (Wildman–Crippen LogP) is 3.72. The van der Waals surface area contributed by atoms with E-state index >= 15 is 0 Å². The standard InChI is InChI=1S/C7H2F10N2/c8-4(9,6(13,14)7(15,16)17)2-1-3(19-18-2)5(10,11)12/h1H,(H,18,19). The zero-order chi connectivity index (χ0) is 15.3. The summed E-state index contributed by atoms with van der Waals surface area (Å²) in [6.07, 6.45) is -11.9. The highest BCUT2D eigenvalue weighted by Gasteiger charge is 2.74. The molecule has 0 spiro atoms. The summed E-state index contributed by atoms with van der Waals surface area (Å²) in [4.78, 5) is 0. The van der Waals surface area contributed by atoms with Crippen molar-refractivity contribution in [1.82, 2.24) is 10.2 Å². The molecule has 1 rings (SSSR count). The Kier molecular flexibility index (Phi) is 3.28. The van der Waals surface area contributed by atoms with Gasteiger partial charge in [-0.05, 0) is 6.07 Å². The number of hydrogen-bond acceptors (Lipinski definition) is 1. The first kappa shape index (κ1) is 15.6. The van der Waals surface area contributed by atoms with Gasteiger partial charge in [0.15, 0.2) is 0 Å². The molecule has 2 nitrogen and oxygen atoms in total. The van der Waals surface area contributed by atoms with Crippen LogP contribution in [-0.4, -0.2) is 22.3 Å². The van der Waals surface area contributed by atoms with E-state index in [1.807, 2.05) is 0 Å². The molecule has 0 saturated heterocycles. The summed E-state index contributed by atoms with van der Waals surface area (Å²) in [5.74, 6) is -12.5. The molecule has 0 aliphatic heterocycles. The van der Waals surface area contributed by atoms with Crippen molar-refractivity contribution >= 4 is 0 Å². The van der Waals surface area contributed by atoms with Crippen LogP contribution in [0.2, 0.25) is 0 Å². The fourth-order valence-electron chi connectivity index (χ4n) is 0.967. The highest BCUT2D eigenvalue weighted by Crippen LogP contribution is 2.51. The van der Waals surface area contributed by atoms with E-state index in [9.17, 15) is 43.9 Å². The molecule has 110 valence electrons. The first-order valence-corrected chi connectivity index (χ1v) is 4.16. The van der Waals surface area contributed by atoms with Gasteiger partial charge in [0.05, 0.1) is 0 Å². The Morgan fingerprint density at radius 1 is 0.842 bits per heavy atom. The smallest absolute Gasteiger partial charge is 0.273 e. The molecule has 12 heteroatoms. The Morgan fingerprint density at radius 2 is 1.32 bits per heavy atom. The number of nitrogens with one attached hydrogen (secondary N) is 1. The van der Waals surface area contributed by atoms with Crippen molar-refractivity contribution in [3.8, 4) is 0 Å². The van der Waals surface area contributed by atoms with Gasteiger partial charge in [-0.15, -0.1) is 0 Å². The zero-order valence-corrected chi connectivity index (χ0v) is 8.30. The topological polar surface area (TPSA) is 28.7 Å². The average Bonchev–Trinajstić information content (AvgIpc) is 2.63. The normalized spacial score (nSPS) is 14.8. The minimum absolute atomic E-state index is 0.611. The number of aromatic nitrogens is 2. The Hall–Kier alpha value is -1.49. The summed E-state index contributed by atoms with van der Waals surface area (Å²) < 4.78 is 122. The second-order valence-corrected chi connectivity index (χ2v) is 3.31. The summed E-state index contributed by atoms with van der Waals surface area (Å²) in [5.41, 5.74) is -4.33. The molecule has 0 unspecified atom stereocenters. The molecule has 1 heterocycles. The van der Waals surface area contributed by atoms with Crippen molar-refractivity contribution in [3.05, 3.63) is 17.5 Å². The van der Waals surface area contributed by atoms with Gasteiger partial charge >= 0.3 is 24.2 Å². The molecular weight excluding hydrogens is 302 g/mol. The van der Waals surface area contributed by atoms with E-state index in [0.717, 1.165) is 5.10 Å². The molecule has 0 aliphatic carbocycles. The second kappa shape index (κ2) is 4.00. The van der Waals surface area contributed by atoms with Gasteiger partial charge in [-0.2, -0.15) is 49.0 Å². The van der Waals surface area contributed by atoms with Crippen LogP contribution in [0, 0.1) is 0 Å². The first-order valence-electron chi connectivity index (χ1n) is 4.16. The van der Waals surface area contributed by atoms with E-state index in [4.69, 9.17) is 0 Å². The lowest BCUT2D eigenvalue weighted by atomic mass is 10.1. The minimum Gasteiger partial charge on any atom is -0.273 e. The van der Waals surface area contributed by atoms with Crippen molar-refractivity contribution in [2.75, 3.05) is 0 Å². The van der Waals surface area contributed by atoms with Gasteiger partial charge < -0.3 is 0 Å². The molecular formula is C7H2F10N2. The number of halogens is 10. The van der Waals surface area contributed by atoms with Crippen LogP contribution in [-0.2, 0) is 12.1 Å². The van der Waals surface area contributed by atoms with E-state index in [-0.39, 0.29) is 0 Å². The van der Waals surface area contributed by atoms with Gasteiger partial charge in [-0.3, -0.25) is 5.10 Å². The second-order valence-electron chi connectivity index (χ2n) is 3.31. The maximum Gasteiger partial charge on any atom is 0.460 e. The Balaban J connectivity index is 3.25. The molecule has 0 aromatic carbocycles. The van der Waals surface area contributed by atoms with E-state index in [1.165, 1.54) is 0 Å². The van der Waals surface area contributed by atoms with E-state index in [0.29, 0.717) is 0 Å². The van der Waals surface area contributed by atoms with Crippen LogP contribution >= 0.6 is 0 Å². The van der Waals surface area contributed by atoms with Crippen LogP contribution in [0.3, 0.4) is 0 Å². The molecule has 0 fully saturated rings. The molecule has 0 saturated carbocycles. The fraction of sp³-hybridized carbons (Fsp3) is 0.571. The molecule has 0 atom stereocenters. The molecule has 0 amide bonds. The van der Waals surface area contributed by atoms with E-state index in [1.54, 1.807) is 0 Å². The number of H-pyrrole nitrogens is 1. The molecule has 19 heavy (non-hydrogen) atoms.